The van der Waals surface area contributed by atoms with E-state index in [4.69, 9.17) is 11.5 Å². The Morgan fingerprint density at radius 2 is 1.86 bits per heavy atom. The summed E-state index contributed by atoms with van der Waals surface area (Å²) in [4.78, 5) is 3.87. The molecule has 1 aromatic carbocycles. The third-order valence-electron chi connectivity index (χ3n) is 3.13. The molecule has 5 N–H and O–H groups in total. The zero-order chi connectivity index (χ0) is 15.6. The molecule has 0 aliphatic carbocycles. The van der Waals surface area contributed by atoms with Crippen molar-refractivity contribution >= 4 is 11.4 Å². The minimum atomic E-state index is -4.49. The number of halogens is 3. The van der Waals surface area contributed by atoms with Crippen LogP contribution in [0, 0.1) is 0 Å². The lowest BCUT2D eigenvalue weighted by atomic mass is 9.98. The van der Waals surface area contributed by atoms with Crippen molar-refractivity contribution in [1.29, 1.82) is 0 Å². The molecule has 2 rings (SSSR count). The molecule has 0 bridgehead atoms. The van der Waals surface area contributed by atoms with Crippen LogP contribution in [0.3, 0.4) is 0 Å². The topological polar surface area (TPSA) is 85.2 Å². The Morgan fingerprint density at radius 1 is 1.14 bits per heavy atom. The summed E-state index contributed by atoms with van der Waals surface area (Å²) in [6, 6.07) is 4.42. The van der Waals surface area contributed by atoms with E-state index < -0.39 is 17.8 Å². The Bertz CT molecular complexity index is 644. The molecule has 1 unspecified atom stereocenters. The molecule has 0 saturated carbocycles. The van der Waals surface area contributed by atoms with E-state index in [1.54, 1.807) is 6.07 Å². The molecule has 0 saturated heterocycles. The standard InChI is InChI=1S/C14H14F3N3O/c15-14(16,17)9-1-2-12(19)10(6-9)13(21)5-8-7-20-4-3-11(8)18/h1-4,6-7,13,21H,5,19H2,(H2,18,20). The van der Waals surface area contributed by atoms with Crippen LogP contribution in [-0.2, 0) is 12.6 Å². The molecule has 1 heterocycles. The number of alkyl halides is 3. The first kappa shape index (κ1) is 15.1. The summed E-state index contributed by atoms with van der Waals surface area (Å²) >= 11 is 0. The van der Waals surface area contributed by atoms with E-state index in [-0.39, 0.29) is 17.7 Å². The first-order valence-corrected chi connectivity index (χ1v) is 6.12. The van der Waals surface area contributed by atoms with E-state index in [2.05, 4.69) is 4.98 Å². The second kappa shape index (κ2) is 5.61. The van der Waals surface area contributed by atoms with Gasteiger partial charge in [-0.3, -0.25) is 4.98 Å². The van der Waals surface area contributed by atoms with Crippen LogP contribution < -0.4 is 11.5 Å². The molecule has 0 spiro atoms. The fourth-order valence-corrected chi connectivity index (χ4v) is 1.97. The number of rotatable bonds is 3. The van der Waals surface area contributed by atoms with Gasteiger partial charge in [0.15, 0.2) is 0 Å². The number of anilines is 2. The van der Waals surface area contributed by atoms with Crippen LogP contribution in [0.1, 0.15) is 22.8 Å². The van der Waals surface area contributed by atoms with Crippen molar-refractivity contribution in [2.45, 2.75) is 18.7 Å². The fourth-order valence-electron chi connectivity index (χ4n) is 1.97. The van der Waals surface area contributed by atoms with Crippen LogP contribution >= 0.6 is 0 Å². The number of aliphatic hydroxyl groups excluding tert-OH is 1. The highest BCUT2D eigenvalue weighted by molar-refractivity contribution is 5.52. The van der Waals surface area contributed by atoms with Crippen LogP contribution in [0.5, 0.6) is 0 Å². The molecule has 0 aliphatic heterocycles. The number of nitrogen functional groups attached to an aromatic ring is 2. The molecule has 112 valence electrons. The molecule has 1 atom stereocenters. The summed E-state index contributed by atoms with van der Waals surface area (Å²) in [5.74, 6) is 0. The van der Waals surface area contributed by atoms with E-state index >= 15 is 0 Å². The zero-order valence-electron chi connectivity index (χ0n) is 10.9. The van der Waals surface area contributed by atoms with Crippen molar-refractivity contribution < 1.29 is 18.3 Å². The summed E-state index contributed by atoms with van der Waals surface area (Å²) in [6.45, 7) is 0. The molecule has 21 heavy (non-hydrogen) atoms. The van der Waals surface area contributed by atoms with Gasteiger partial charge in [0, 0.05) is 35.8 Å². The molecule has 0 aliphatic rings. The van der Waals surface area contributed by atoms with Crippen LogP contribution in [0.15, 0.2) is 36.7 Å². The van der Waals surface area contributed by atoms with Crippen molar-refractivity contribution in [2.24, 2.45) is 0 Å². The second-order valence-electron chi connectivity index (χ2n) is 4.64. The number of nitrogens with zero attached hydrogens (tertiary/aromatic N) is 1. The number of pyridine rings is 1. The van der Waals surface area contributed by atoms with Gasteiger partial charge in [-0.1, -0.05) is 0 Å². The monoisotopic (exact) mass is 297 g/mol. The Morgan fingerprint density at radius 3 is 2.48 bits per heavy atom. The number of hydrogen-bond acceptors (Lipinski definition) is 4. The molecular weight excluding hydrogens is 283 g/mol. The maximum atomic E-state index is 12.7. The number of aliphatic hydroxyl groups is 1. The van der Waals surface area contributed by atoms with E-state index in [9.17, 15) is 18.3 Å². The van der Waals surface area contributed by atoms with Gasteiger partial charge in [-0.25, -0.2) is 0 Å². The minimum absolute atomic E-state index is 0.0214. The van der Waals surface area contributed by atoms with Crippen molar-refractivity contribution in [3.8, 4) is 0 Å². The lowest BCUT2D eigenvalue weighted by Gasteiger charge is -2.16. The van der Waals surface area contributed by atoms with Crippen molar-refractivity contribution in [2.75, 3.05) is 11.5 Å². The van der Waals surface area contributed by atoms with Gasteiger partial charge < -0.3 is 16.6 Å². The number of hydrogen-bond donors (Lipinski definition) is 3. The smallest absolute Gasteiger partial charge is 0.398 e. The SMILES string of the molecule is Nc1ccncc1CC(O)c1cc(C(F)(F)F)ccc1N. The highest BCUT2D eigenvalue weighted by Crippen LogP contribution is 2.34. The van der Waals surface area contributed by atoms with Crippen molar-refractivity contribution in [1.82, 2.24) is 4.98 Å². The van der Waals surface area contributed by atoms with Crippen LogP contribution in [0.4, 0.5) is 24.5 Å². The van der Waals surface area contributed by atoms with Crippen molar-refractivity contribution in [3.05, 3.63) is 53.3 Å². The van der Waals surface area contributed by atoms with E-state index in [0.717, 1.165) is 18.2 Å². The van der Waals surface area contributed by atoms with Gasteiger partial charge in [0.2, 0.25) is 0 Å². The average molecular weight is 297 g/mol. The second-order valence-corrected chi connectivity index (χ2v) is 4.64. The molecule has 0 radical (unpaired) electrons. The number of aromatic nitrogens is 1. The largest absolute Gasteiger partial charge is 0.416 e. The van der Waals surface area contributed by atoms with Crippen LogP contribution in [-0.4, -0.2) is 10.1 Å². The van der Waals surface area contributed by atoms with E-state index in [0.29, 0.717) is 11.3 Å². The molecule has 0 amide bonds. The molecular formula is C14H14F3N3O. The van der Waals surface area contributed by atoms with Crippen LogP contribution in [0.2, 0.25) is 0 Å². The van der Waals surface area contributed by atoms with Crippen LogP contribution in [0.25, 0.3) is 0 Å². The third kappa shape index (κ3) is 3.43. The van der Waals surface area contributed by atoms with Gasteiger partial charge in [-0.2, -0.15) is 13.2 Å². The molecule has 7 heteroatoms. The summed E-state index contributed by atoms with van der Waals surface area (Å²) in [5.41, 5.74) is 11.6. The maximum absolute atomic E-state index is 12.7. The highest BCUT2D eigenvalue weighted by atomic mass is 19.4. The molecule has 4 nitrogen and oxygen atoms in total. The number of benzene rings is 1. The Labute approximate surface area is 119 Å². The van der Waals surface area contributed by atoms with Gasteiger partial charge in [0.1, 0.15) is 0 Å². The van der Waals surface area contributed by atoms with Gasteiger partial charge in [0.05, 0.1) is 11.7 Å². The van der Waals surface area contributed by atoms with Gasteiger partial charge >= 0.3 is 6.18 Å². The fraction of sp³-hybridized carbons (Fsp3) is 0.214. The lowest BCUT2D eigenvalue weighted by molar-refractivity contribution is -0.137. The Hall–Kier alpha value is -2.28. The summed E-state index contributed by atoms with van der Waals surface area (Å²) < 4.78 is 38.1. The zero-order valence-corrected chi connectivity index (χ0v) is 10.9. The molecule has 0 fully saturated rings. The first-order chi connectivity index (χ1) is 9.79. The maximum Gasteiger partial charge on any atom is 0.416 e. The van der Waals surface area contributed by atoms with E-state index in [1.807, 2.05) is 0 Å². The molecule has 2 aromatic rings. The third-order valence-corrected chi connectivity index (χ3v) is 3.13. The summed E-state index contributed by atoms with van der Waals surface area (Å²) in [6.07, 6.45) is -2.70. The minimum Gasteiger partial charge on any atom is -0.398 e. The first-order valence-electron chi connectivity index (χ1n) is 6.12. The normalized spacial score (nSPS) is 13.1. The summed E-state index contributed by atoms with van der Waals surface area (Å²) in [7, 11) is 0. The lowest BCUT2D eigenvalue weighted by Crippen LogP contribution is -2.11. The van der Waals surface area contributed by atoms with Crippen molar-refractivity contribution in [3.63, 3.8) is 0 Å². The quantitative estimate of drug-likeness (QED) is 0.760. The predicted octanol–water partition coefficient (Wildman–Crippen LogP) is 2.54. The Kier molecular flexibility index (Phi) is 4.04. The molecule has 1 aromatic heterocycles. The van der Waals surface area contributed by atoms with Gasteiger partial charge in [-0.15, -0.1) is 0 Å². The predicted molar refractivity (Wildman–Crippen MR) is 73.2 cm³/mol. The summed E-state index contributed by atoms with van der Waals surface area (Å²) in [5, 5.41) is 10.1. The number of nitrogens with two attached hydrogens (primary N) is 2. The van der Waals surface area contributed by atoms with E-state index in [1.165, 1.54) is 12.4 Å². The highest BCUT2D eigenvalue weighted by Gasteiger charge is 2.31. The Balaban J connectivity index is 2.31. The van der Waals surface area contributed by atoms with Gasteiger partial charge in [0.25, 0.3) is 0 Å². The average Bonchev–Trinajstić information content (AvgIpc) is 2.40. The van der Waals surface area contributed by atoms with Gasteiger partial charge in [-0.05, 0) is 29.8 Å².